The molecule has 3 N–H and O–H groups in total. The van der Waals surface area contributed by atoms with E-state index in [9.17, 15) is 0 Å². The standard InChI is InChI=1S/C10H18N2O2S2/c1-2-3-11-10-12-4-9(16-10)7-15-6-8(14)5-13/h4,8,13-14H,2-3,5-7H2,1H3,(H,11,12). The van der Waals surface area contributed by atoms with Crippen molar-refractivity contribution in [2.45, 2.75) is 25.2 Å². The monoisotopic (exact) mass is 262 g/mol. The molecule has 0 aliphatic rings. The molecule has 6 heteroatoms. The van der Waals surface area contributed by atoms with Gasteiger partial charge in [0.25, 0.3) is 0 Å². The quantitative estimate of drug-likeness (QED) is 0.663. The lowest BCUT2D eigenvalue weighted by molar-refractivity contribution is 0.113. The van der Waals surface area contributed by atoms with Gasteiger partial charge in [-0.05, 0) is 6.42 Å². The number of thiazole rings is 1. The summed E-state index contributed by atoms with van der Waals surface area (Å²) in [4.78, 5) is 5.44. The average Bonchev–Trinajstić information content (AvgIpc) is 2.74. The van der Waals surface area contributed by atoms with Crippen molar-refractivity contribution in [3.05, 3.63) is 11.1 Å². The highest BCUT2D eigenvalue weighted by Gasteiger charge is 2.04. The summed E-state index contributed by atoms with van der Waals surface area (Å²) in [5.74, 6) is 1.40. The minimum Gasteiger partial charge on any atom is -0.394 e. The second-order valence-electron chi connectivity index (χ2n) is 3.41. The molecule has 1 aromatic rings. The summed E-state index contributed by atoms with van der Waals surface area (Å²) >= 11 is 3.25. The van der Waals surface area contributed by atoms with E-state index < -0.39 is 6.10 Å². The molecule has 0 bridgehead atoms. The van der Waals surface area contributed by atoms with Crippen molar-refractivity contribution in [2.75, 3.05) is 24.2 Å². The number of nitrogens with zero attached hydrogens (tertiary/aromatic N) is 1. The van der Waals surface area contributed by atoms with E-state index in [1.165, 1.54) is 4.88 Å². The number of hydrogen-bond donors (Lipinski definition) is 3. The van der Waals surface area contributed by atoms with E-state index in [1.807, 2.05) is 6.20 Å². The van der Waals surface area contributed by atoms with Crippen LogP contribution in [0, 0.1) is 0 Å². The van der Waals surface area contributed by atoms with E-state index in [2.05, 4.69) is 17.2 Å². The van der Waals surface area contributed by atoms with Gasteiger partial charge in [-0.1, -0.05) is 6.92 Å². The largest absolute Gasteiger partial charge is 0.394 e. The summed E-state index contributed by atoms with van der Waals surface area (Å²) < 4.78 is 0. The lowest BCUT2D eigenvalue weighted by Crippen LogP contribution is -2.14. The van der Waals surface area contributed by atoms with Gasteiger partial charge in [0.2, 0.25) is 0 Å². The molecule has 1 heterocycles. The molecular formula is C10H18N2O2S2. The molecule has 16 heavy (non-hydrogen) atoms. The SMILES string of the molecule is CCCNc1ncc(CSCC(O)CO)s1. The van der Waals surface area contributed by atoms with Crippen LogP contribution in [0.4, 0.5) is 5.13 Å². The molecule has 0 aromatic carbocycles. The van der Waals surface area contributed by atoms with Crippen LogP contribution in [0.15, 0.2) is 6.20 Å². The third-order valence-corrected chi connectivity index (χ3v) is 4.12. The summed E-state index contributed by atoms with van der Waals surface area (Å²) in [5, 5.41) is 22.0. The van der Waals surface area contributed by atoms with Gasteiger partial charge in [0.15, 0.2) is 5.13 Å². The third-order valence-electron chi connectivity index (χ3n) is 1.85. The Kier molecular flexibility index (Phi) is 6.79. The fourth-order valence-corrected chi connectivity index (χ4v) is 2.93. The predicted molar refractivity (Wildman–Crippen MR) is 70.1 cm³/mol. The summed E-state index contributed by atoms with van der Waals surface area (Å²) in [6.45, 7) is 2.90. The first-order valence-corrected chi connectivity index (χ1v) is 7.28. The van der Waals surface area contributed by atoms with Crippen LogP contribution in [-0.2, 0) is 5.75 Å². The van der Waals surface area contributed by atoms with Crippen LogP contribution in [-0.4, -0.2) is 40.2 Å². The van der Waals surface area contributed by atoms with Crippen LogP contribution in [0.1, 0.15) is 18.2 Å². The number of aliphatic hydroxyl groups excluding tert-OH is 2. The molecule has 0 amide bonds. The molecule has 0 saturated carbocycles. The Hall–Kier alpha value is -0.300. The molecule has 0 aliphatic heterocycles. The van der Waals surface area contributed by atoms with E-state index in [0.717, 1.165) is 23.8 Å². The molecule has 0 fully saturated rings. The first-order chi connectivity index (χ1) is 7.76. The van der Waals surface area contributed by atoms with Crippen LogP contribution in [0.3, 0.4) is 0 Å². The number of thioether (sulfide) groups is 1. The number of aliphatic hydroxyl groups is 2. The molecule has 92 valence electrons. The first-order valence-electron chi connectivity index (χ1n) is 5.31. The average molecular weight is 262 g/mol. The van der Waals surface area contributed by atoms with E-state index >= 15 is 0 Å². The van der Waals surface area contributed by atoms with Crippen LogP contribution in [0.2, 0.25) is 0 Å². The molecule has 1 unspecified atom stereocenters. The summed E-state index contributed by atoms with van der Waals surface area (Å²) in [6, 6.07) is 0. The Bertz CT molecular complexity index is 294. The molecule has 0 spiro atoms. The van der Waals surface area contributed by atoms with E-state index in [0.29, 0.717) is 5.75 Å². The minimum absolute atomic E-state index is 0.168. The van der Waals surface area contributed by atoms with Gasteiger partial charge < -0.3 is 15.5 Å². The van der Waals surface area contributed by atoms with Crippen LogP contribution in [0.5, 0.6) is 0 Å². The summed E-state index contributed by atoms with van der Waals surface area (Å²) in [5.41, 5.74) is 0. The number of anilines is 1. The highest BCUT2D eigenvalue weighted by Crippen LogP contribution is 2.22. The van der Waals surface area contributed by atoms with Crippen molar-refractivity contribution in [1.29, 1.82) is 0 Å². The maximum Gasteiger partial charge on any atom is 0.182 e. The van der Waals surface area contributed by atoms with Crippen LogP contribution < -0.4 is 5.32 Å². The second kappa shape index (κ2) is 7.89. The molecule has 1 aromatic heterocycles. The van der Waals surface area contributed by atoms with Crippen molar-refractivity contribution in [1.82, 2.24) is 4.98 Å². The zero-order chi connectivity index (χ0) is 11.8. The van der Waals surface area contributed by atoms with Gasteiger partial charge in [-0.3, -0.25) is 0 Å². The fraction of sp³-hybridized carbons (Fsp3) is 0.700. The van der Waals surface area contributed by atoms with Crippen molar-refractivity contribution >= 4 is 28.2 Å². The Morgan fingerprint density at radius 1 is 1.62 bits per heavy atom. The Morgan fingerprint density at radius 2 is 2.44 bits per heavy atom. The zero-order valence-electron chi connectivity index (χ0n) is 9.35. The fourth-order valence-electron chi connectivity index (χ4n) is 1.04. The predicted octanol–water partition coefficient (Wildman–Crippen LogP) is 1.55. The van der Waals surface area contributed by atoms with Gasteiger partial charge in [-0.2, -0.15) is 11.8 Å². The highest BCUT2D eigenvalue weighted by atomic mass is 32.2. The molecular weight excluding hydrogens is 244 g/mol. The van der Waals surface area contributed by atoms with Crippen LogP contribution in [0.25, 0.3) is 0 Å². The Balaban J connectivity index is 2.23. The van der Waals surface area contributed by atoms with Crippen molar-refractivity contribution < 1.29 is 10.2 Å². The Morgan fingerprint density at radius 3 is 3.12 bits per heavy atom. The molecule has 0 radical (unpaired) electrons. The number of aromatic nitrogens is 1. The van der Waals surface area contributed by atoms with Crippen molar-refractivity contribution in [3.8, 4) is 0 Å². The topological polar surface area (TPSA) is 65.4 Å². The lowest BCUT2D eigenvalue weighted by Gasteiger charge is -2.04. The maximum absolute atomic E-state index is 9.16. The van der Waals surface area contributed by atoms with Gasteiger partial charge in [0.1, 0.15) is 0 Å². The van der Waals surface area contributed by atoms with E-state index in [-0.39, 0.29) is 6.61 Å². The van der Waals surface area contributed by atoms with Gasteiger partial charge >= 0.3 is 0 Å². The zero-order valence-corrected chi connectivity index (χ0v) is 11.0. The van der Waals surface area contributed by atoms with E-state index in [1.54, 1.807) is 23.1 Å². The number of nitrogens with one attached hydrogen (secondary N) is 1. The van der Waals surface area contributed by atoms with Gasteiger partial charge in [-0.15, -0.1) is 11.3 Å². The molecule has 4 nitrogen and oxygen atoms in total. The van der Waals surface area contributed by atoms with Crippen molar-refractivity contribution in [2.24, 2.45) is 0 Å². The van der Waals surface area contributed by atoms with Gasteiger partial charge in [0, 0.05) is 29.1 Å². The van der Waals surface area contributed by atoms with Crippen molar-refractivity contribution in [3.63, 3.8) is 0 Å². The molecule has 1 atom stereocenters. The van der Waals surface area contributed by atoms with Crippen LogP contribution >= 0.6 is 23.1 Å². The third kappa shape index (κ3) is 5.16. The van der Waals surface area contributed by atoms with E-state index in [4.69, 9.17) is 10.2 Å². The minimum atomic E-state index is -0.615. The molecule has 0 aliphatic carbocycles. The second-order valence-corrected chi connectivity index (χ2v) is 5.56. The lowest BCUT2D eigenvalue weighted by atomic mass is 10.4. The van der Waals surface area contributed by atoms with Gasteiger partial charge in [-0.25, -0.2) is 4.98 Å². The summed E-state index contributed by atoms with van der Waals surface area (Å²) in [6.07, 6.45) is 2.34. The first kappa shape index (κ1) is 13.8. The Labute approximate surface area is 104 Å². The smallest absolute Gasteiger partial charge is 0.182 e. The normalized spacial score (nSPS) is 12.7. The number of hydrogen-bond acceptors (Lipinski definition) is 6. The molecule has 0 saturated heterocycles. The number of rotatable bonds is 8. The highest BCUT2D eigenvalue weighted by molar-refractivity contribution is 7.98. The van der Waals surface area contributed by atoms with Gasteiger partial charge in [0.05, 0.1) is 12.7 Å². The maximum atomic E-state index is 9.16. The molecule has 1 rings (SSSR count). The summed E-state index contributed by atoms with van der Waals surface area (Å²) in [7, 11) is 0.